The standard InChI is InChI=1S/C19H19ClFN3/c20-18-5-2-6-19(21)17(18)14-24-9-7-23(8-10-24)13-16-4-1-3-15(11-16)12-22/h1-6,11H,7-10,13-14H2. The van der Waals surface area contributed by atoms with E-state index in [2.05, 4.69) is 15.9 Å². The molecule has 0 aromatic heterocycles. The van der Waals surface area contributed by atoms with Crippen LogP contribution in [0.1, 0.15) is 16.7 Å². The second kappa shape index (κ2) is 7.76. The number of nitrogens with zero attached hydrogens (tertiary/aromatic N) is 3. The average Bonchev–Trinajstić information content (AvgIpc) is 2.60. The maximum absolute atomic E-state index is 13.9. The first kappa shape index (κ1) is 16.9. The number of rotatable bonds is 4. The van der Waals surface area contributed by atoms with E-state index in [9.17, 15) is 4.39 Å². The zero-order chi connectivity index (χ0) is 16.9. The minimum atomic E-state index is -0.238. The predicted molar refractivity (Wildman–Crippen MR) is 93.1 cm³/mol. The molecule has 0 radical (unpaired) electrons. The molecule has 3 nitrogen and oxygen atoms in total. The van der Waals surface area contributed by atoms with Crippen molar-refractivity contribution in [2.45, 2.75) is 13.1 Å². The van der Waals surface area contributed by atoms with Crippen molar-refractivity contribution >= 4 is 11.6 Å². The van der Waals surface area contributed by atoms with E-state index in [0.717, 1.165) is 38.3 Å². The molecule has 0 amide bonds. The average molecular weight is 344 g/mol. The third kappa shape index (κ3) is 4.12. The number of halogens is 2. The third-order valence-electron chi connectivity index (χ3n) is 4.37. The SMILES string of the molecule is N#Cc1cccc(CN2CCN(Cc3c(F)cccc3Cl)CC2)c1. The van der Waals surface area contributed by atoms with Crippen LogP contribution in [0.2, 0.25) is 5.02 Å². The van der Waals surface area contributed by atoms with E-state index in [1.165, 1.54) is 6.07 Å². The molecule has 0 spiro atoms. The molecule has 1 heterocycles. The molecule has 1 aliphatic rings. The Kier molecular flexibility index (Phi) is 5.47. The molecule has 2 aromatic carbocycles. The van der Waals surface area contributed by atoms with Crippen LogP contribution in [0.5, 0.6) is 0 Å². The molecule has 0 unspecified atom stereocenters. The summed E-state index contributed by atoms with van der Waals surface area (Å²) in [4.78, 5) is 4.59. The molecule has 1 aliphatic heterocycles. The predicted octanol–water partition coefficient (Wildman–Crippen LogP) is 3.67. The number of hydrogen-bond donors (Lipinski definition) is 0. The fourth-order valence-corrected chi connectivity index (χ4v) is 3.23. The number of hydrogen-bond acceptors (Lipinski definition) is 3. The van der Waals surface area contributed by atoms with Crippen molar-refractivity contribution in [3.63, 3.8) is 0 Å². The maximum Gasteiger partial charge on any atom is 0.129 e. The first-order chi connectivity index (χ1) is 11.7. The first-order valence-electron chi connectivity index (χ1n) is 8.02. The lowest BCUT2D eigenvalue weighted by Gasteiger charge is -2.35. The first-order valence-corrected chi connectivity index (χ1v) is 8.40. The lowest BCUT2D eigenvalue weighted by molar-refractivity contribution is 0.121. The van der Waals surface area contributed by atoms with Gasteiger partial charge in [-0.3, -0.25) is 9.80 Å². The van der Waals surface area contributed by atoms with E-state index in [0.29, 0.717) is 22.7 Å². The summed E-state index contributed by atoms with van der Waals surface area (Å²) in [6, 6.07) is 14.7. The molecule has 0 atom stereocenters. The smallest absolute Gasteiger partial charge is 0.129 e. The summed E-state index contributed by atoms with van der Waals surface area (Å²) in [5, 5.41) is 9.47. The van der Waals surface area contributed by atoms with Crippen molar-refractivity contribution in [2.24, 2.45) is 0 Å². The Balaban J connectivity index is 1.55. The molecule has 1 saturated heterocycles. The summed E-state index contributed by atoms with van der Waals surface area (Å²) in [5.41, 5.74) is 2.43. The summed E-state index contributed by atoms with van der Waals surface area (Å²) in [6.45, 7) is 4.98. The molecule has 0 N–H and O–H groups in total. The normalized spacial score (nSPS) is 16.0. The Hall–Kier alpha value is -1.93. The van der Waals surface area contributed by atoms with Crippen molar-refractivity contribution in [1.29, 1.82) is 5.26 Å². The fourth-order valence-electron chi connectivity index (χ4n) is 3.01. The highest BCUT2D eigenvalue weighted by molar-refractivity contribution is 6.31. The van der Waals surface area contributed by atoms with Crippen LogP contribution in [0.25, 0.3) is 0 Å². The zero-order valence-electron chi connectivity index (χ0n) is 13.4. The lowest BCUT2D eigenvalue weighted by Crippen LogP contribution is -2.45. The van der Waals surface area contributed by atoms with Gasteiger partial charge in [0.2, 0.25) is 0 Å². The molecule has 1 fully saturated rings. The van der Waals surface area contributed by atoms with Crippen LogP contribution < -0.4 is 0 Å². The molecular weight excluding hydrogens is 325 g/mol. The van der Waals surface area contributed by atoms with Gasteiger partial charge in [0.25, 0.3) is 0 Å². The van der Waals surface area contributed by atoms with Gasteiger partial charge in [0.15, 0.2) is 0 Å². The topological polar surface area (TPSA) is 30.3 Å². The van der Waals surface area contributed by atoms with E-state index in [1.54, 1.807) is 12.1 Å². The maximum atomic E-state index is 13.9. The van der Waals surface area contributed by atoms with Crippen LogP contribution in [0, 0.1) is 17.1 Å². The summed E-state index contributed by atoms with van der Waals surface area (Å²) in [5.74, 6) is -0.238. The van der Waals surface area contributed by atoms with Gasteiger partial charge in [0, 0.05) is 49.9 Å². The van der Waals surface area contributed by atoms with Gasteiger partial charge in [-0.25, -0.2) is 4.39 Å². The van der Waals surface area contributed by atoms with Crippen LogP contribution in [-0.2, 0) is 13.1 Å². The lowest BCUT2D eigenvalue weighted by atomic mass is 10.1. The Morgan fingerprint density at radius 3 is 2.33 bits per heavy atom. The molecule has 0 saturated carbocycles. The molecule has 2 aromatic rings. The van der Waals surface area contributed by atoms with Gasteiger partial charge >= 0.3 is 0 Å². The summed E-state index contributed by atoms with van der Waals surface area (Å²) < 4.78 is 13.9. The largest absolute Gasteiger partial charge is 0.297 e. The number of nitriles is 1. The highest BCUT2D eigenvalue weighted by Gasteiger charge is 2.19. The van der Waals surface area contributed by atoms with E-state index in [4.69, 9.17) is 16.9 Å². The van der Waals surface area contributed by atoms with Crippen LogP contribution >= 0.6 is 11.6 Å². The van der Waals surface area contributed by atoms with Gasteiger partial charge < -0.3 is 0 Å². The quantitative estimate of drug-likeness (QED) is 0.848. The van der Waals surface area contributed by atoms with Gasteiger partial charge in [0.1, 0.15) is 5.82 Å². The van der Waals surface area contributed by atoms with Crippen molar-refractivity contribution in [2.75, 3.05) is 26.2 Å². The highest BCUT2D eigenvalue weighted by Crippen LogP contribution is 2.21. The van der Waals surface area contributed by atoms with Crippen LogP contribution in [0.15, 0.2) is 42.5 Å². The van der Waals surface area contributed by atoms with Crippen LogP contribution in [0.4, 0.5) is 4.39 Å². The zero-order valence-corrected chi connectivity index (χ0v) is 14.1. The van der Waals surface area contributed by atoms with Gasteiger partial charge in [-0.15, -0.1) is 0 Å². The van der Waals surface area contributed by atoms with Gasteiger partial charge in [-0.05, 0) is 29.8 Å². The Labute approximate surface area is 146 Å². The summed E-state index contributed by atoms with van der Waals surface area (Å²) in [6.07, 6.45) is 0. The van der Waals surface area contributed by atoms with E-state index < -0.39 is 0 Å². The van der Waals surface area contributed by atoms with Gasteiger partial charge in [-0.2, -0.15) is 5.26 Å². The molecular formula is C19H19ClFN3. The minimum Gasteiger partial charge on any atom is -0.297 e. The second-order valence-corrected chi connectivity index (χ2v) is 6.47. The third-order valence-corrected chi connectivity index (χ3v) is 4.72. The van der Waals surface area contributed by atoms with E-state index in [1.807, 2.05) is 24.3 Å². The highest BCUT2D eigenvalue weighted by atomic mass is 35.5. The van der Waals surface area contributed by atoms with Gasteiger partial charge in [0.05, 0.1) is 11.6 Å². The molecule has 0 bridgehead atoms. The molecule has 0 aliphatic carbocycles. The Morgan fingerprint density at radius 1 is 1.00 bits per heavy atom. The van der Waals surface area contributed by atoms with Gasteiger partial charge in [-0.1, -0.05) is 29.8 Å². The number of piperazine rings is 1. The molecule has 5 heteroatoms. The van der Waals surface area contributed by atoms with Crippen LogP contribution in [0.3, 0.4) is 0 Å². The molecule has 3 rings (SSSR count). The van der Waals surface area contributed by atoms with E-state index >= 15 is 0 Å². The van der Waals surface area contributed by atoms with Crippen molar-refractivity contribution < 1.29 is 4.39 Å². The van der Waals surface area contributed by atoms with E-state index in [-0.39, 0.29) is 5.82 Å². The van der Waals surface area contributed by atoms with Crippen LogP contribution in [-0.4, -0.2) is 36.0 Å². The molecule has 24 heavy (non-hydrogen) atoms. The Morgan fingerprint density at radius 2 is 1.67 bits per heavy atom. The molecule has 124 valence electrons. The van der Waals surface area contributed by atoms with Crippen molar-refractivity contribution in [3.8, 4) is 6.07 Å². The summed E-state index contributed by atoms with van der Waals surface area (Å²) >= 11 is 6.11. The monoisotopic (exact) mass is 343 g/mol. The van der Waals surface area contributed by atoms with Crippen molar-refractivity contribution in [3.05, 3.63) is 70.0 Å². The Bertz CT molecular complexity index is 728. The van der Waals surface area contributed by atoms with Crippen molar-refractivity contribution in [1.82, 2.24) is 9.80 Å². The second-order valence-electron chi connectivity index (χ2n) is 6.06. The summed E-state index contributed by atoms with van der Waals surface area (Å²) in [7, 11) is 0. The fraction of sp³-hybridized carbons (Fsp3) is 0.316. The minimum absolute atomic E-state index is 0.238. The number of benzene rings is 2.